The van der Waals surface area contributed by atoms with Crippen LogP contribution in [0.4, 0.5) is 0 Å². The van der Waals surface area contributed by atoms with Crippen LogP contribution in [0.1, 0.15) is 31.7 Å². The number of guanidine groups is 1. The van der Waals surface area contributed by atoms with Gasteiger partial charge in [-0.05, 0) is 38.3 Å². The van der Waals surface area contributed by atoms with Gasteiger partial charge in [-0.15, -0.1) is 24.0 Å². The second-order valence-corrected chi connectivity index (χ2v) is 8.88. The molecule has 28 heavy (non-hydrogen) atoms. The monoisotopic (exact) mass is 523 g/mol. The Morgan fingerprint density at radius 2 is 1.96 bits per heavy atom. The Hall–Kier alpha value is -0.910. The van der Waals surface area contributed by atoms with Gasteiger partial charge in [-0.1, -0.05) is 30.3 Å². The molecule has 2 rings (SSSR count). The third kappa shape index (κ3) is 9.06. The number of likely N-dealkylation sites (tertiary alicyclic amines) is 1. The highest BCUT2D eigenvalue weighted by Crippen LogP contribution is 2.19. The standard InChI is InChI=1S/C19H33N5O2S.HI/c1-3-27(25,26)23-13-8-12-21-19(20-2)22-15-18-11-7-14-24(18)16-17-9-5-4-6-10-17;/h4-6,9-10,18,23H,3,7-8,11-16H2,1-2H3,(H2,20,21,22);1H. The van der Waals surface area contributed by atoms with E-state index in [1.165, 1.54) is 18.4 Å². The average Bonchev–Trinajstić information content (AvgIpc) is 3.11. The zero-order chi connectivity index (χ0) is 19.5. The molecule has 0 radical (unpaired) electrons. The smallest absolute Gasteiger partial charge is 0.211 e. The van der Waals surface area contributed by atoms with Gasteiger partial charge in [0.15, 0.2) is 5.96 Å². The lowest BCUT2D eigenvalue weighted by atomic mass is 10.2. The van der Waals surface area contributed by atoms with Crippen LogP contribution in [0.2, 0.25) is 0 Å². The summed E-state index contributed by atoms with van der Waals surface area (Å²) in [6, 6.07) is 11.1. The molecule has 0 saturated carbocycles. The maximum atomic E-state index is 11.4. The highest BCUT2D eigenvalue weighted by Gasteiger charge is 2.24. The fourth-order valence-electron chi connectivity index (χ4n) is 3.21. The minimum Gasteiger partial charge on any atom is -0.356 e. The van der Waals surface area contributed by atoms with Crippen molar-refractivity contribution in [3.05, 3.63) is 35.9 Å². The summed E-state index contributed by atoms with van der Waals surface area (Å²) < 4.78 is 25.4. The largest absolute Gasteiger partial charge is 0.356 e. The van der Waals surface area contributed by atoms with Crippen LogP contribution >= 0.6 is 24.0 Å². The molecular weight excluding hydrogens is 489 g/mol. The van der Waals surface area contributed by atoms with Crippen molar-refractivity contribution in [2.24, 2.45) is 4.99 Å². The lowest BCUT2D eigenvalue weighted by Crippen LogP contribution is -2.45. The third-order valence-electron chi connectivity index (χ3n) is 4.80. The van der Waals surface area contributed by atoms with Gasteiger partial charge < -0.3 is 10.6 Å². The fraction of sp³-hybridized carbons (Fsp3) is 0.632. The molecule has 0 amide bonds. The lowest BCUT2D eigenvalue weighted by molar-refractivity contribution is 0.245. The molecule has 7 nitrogen and oxygen atoms in total. The first kappa shape index (κ1) is 25.1. The van der Waals surface area contributed by atoms with Gasteiger partial charge >= 0.3 is 0 Å². The van der Waals surface area contributed by atoms with Crippen molar-refractivity contribution in [3.63, 3.8) is 0 Å². The lowest BCUT2D eigenvalue weighted by Gasteiger charge is -2.25. The van der Waals surface area contributed by atoms with Crippen molar-refractivity contribution >= 4 is 40.0 Å². The maximum absolute atomic E-state index is 11.4. The number of sulfonamides is 1. The molecule has 0 bridgehead atoms. The van der Waals surface area contributed by atoms with E-state index in [4.69, 9.17) is 0 Å². The van der Waals surface area contributed by atoms with E-state index in [2.05, 4.69) is 55.6 Å². The van der Waals surface area contributed by atoms with Gasteiger partial charge in [-0.25, -0.2) is 13.1 Å². The van der Waals surface area contributed by atoms with Gasteiger partial charge in [0.2, 0.25) is 10.0 Å². The summed E-state index contributed by atoms with van der Waals surface area (Å²) in [6.07, 6.45) is 3.13. The molecule has 0 aliphatic carbocycles. The van der Waals surface area contributed by atoms with Crippen molar-refractivity contribution in [3.8, 4) is 0 Å². The number of benzene rings is 1. The molecule has 0 spiro atoms. The summed E-state index contributed by atoms with van der Waals surface area (Å²) in [4.78, 5) is 6.78. The zero-order valence-corrected chi connectivity index (χ0v) is 20.0. The van der Waals surface area contributed by atoms with Crippen LogP contribution in [0.15, 0.2) is 35.3 Å². The molecule has 9 heteroatoms. The molecule has 1 fully saturated rings. The summed E-state index contributed by atoms with van der Waals surface area (Å²) in [5.41, 5.74) is 1.35. The van der Waals surface area contributed by atoms with E-state index in [9.17, 15) is 8.42 Å². The quantitative estimate of drug-likeness (QED) is 0.188. The van der Waals surface area contributed by atoms with Gasteiger partial charge in [-0.2, -0.15) is 0 Å². The van der Waals surface area contributed by atoms with Crippen LogP contribution < -0.4 is 15.4 Å². The van der Waals surface area contributed by atoms with Gasteiger partial charge in [-0.3, -0.25) is 9.89 Å². The van der Waals surface area contributed by atoms with E-state index in [0.29, 0.717) is 25.6 Å². The van der Waals surface area contributed by atoms with Crippen molar-refractivity contribution in [2.75, 3.05) is 39.0 Å². The topological polar surface area (TPSA) is 85.8 Å². The maximum Gasteiger partial charge on any atom is 0.211 e. The molecule has 1 aliphatic rings. The van der Waals surface area contributed by atoms with Gasteiger partial charge in [0.05, 0.1) is 5.75 Å². The molecule has 160 valence electrons. The molecule has 1 aliphatic heterocycles. The van der Waals surface area contributed by atoms with E-state index in [0.717, 1.165) is 25.6 Å². The van der Waals surface area contributed by atoms with Crippen LogP contribution in [0.5, 0.6) is 0 Å². The Bertz CT molecular complexity index is 685. The van der Waals surface area contributed by atoms with E-state index in [1.54, 1.807) is 14.0 Å². The van der Waals surface area contributed by atoms with Crippen LogP contribution in [-0.2, 0) is 16.6 Å². The third-order valence-corrected chi connectivity index (χ3v) is 6.21. The number of nitrogens with zero attached hydrogens (tertiary/aromatic N) is 2. The van der Waals surface area contributed by atoms with Crippen molar-refractivity contribution in [1.82, 2.24) is 20.3 Å². The normalized spacial score (nSPS) is 17.9. The summed E-state index contributed by atoms with van der Waals surface area (Å²) in [5.74, 6) is 0.879. The van der Waals surface area contributed by atoms with E-state index < -0.39 is 10.0 Å². The predicted molar refractivity (Wildman–Crippen MR) is 127 cm³/mol. The number of halogens is 1. The highest BCUT2D eigenvalue weighted by atomic mass is 127. The Morgan fingerprint density at radius 1 is 1.21 bits per heavy atom. The molecule has 1 unspecified atom stereocenters. The SMILES string of the molecule is CCS(=O)(=O)NCCCNC(=NC)NCC1CCCN1Cc1ccccc1.I. The second kappa shape index (κ2) is 13.3. The van der Waals surface area contributed by atoms with Gasteiger partial charge in [0, 0.05) is 39.3 Å². The predicted octanol–water partition coefficient (Wildman–Crippen LogP) is 1.76. The van der Waals surface area contributed by atoms with E-state index >= 15 is 0 Å². The second-order valence-electron chi connectivity index (χ2n) is 6.78. The van der Waals surface area contributed by atoms with E-state index in [-0.39, 0.29) is 29.7 Å². The van der Waals surface area contributed by atoms with E-state index in [1.807, 2.05) is 0 Å². The minimum atomic E-state index is -3.11. The molecule has 1 saturated heterocycles. The number of rotatable bonds is 10. The Balaban J connectivity index is 0.00000392. The summed E-state index contributed by atoms with van der Waals surface area (Å²) >= 11 is 0. The Morgan fingerprint density at radius 3 is 2.64 bits per heavy atom. The van der Waals surface area contributed by atoms with Gasteiger partial charge in [0.1, 0.15) is 0 Å². The van der Waals surface area contributed by atoms with Crippen LogP contribution in [0, 0.1) is 0 Å². The van der Waals surface area contributed by atoms with Crippen molar-refractivity contribution in [2.45, 2.75) is 38.8 Å². The minimum absolute atomic E-state index is 0. The Kier molecular flexibility index (Phi) is 12.0. The van der Waals surface area contributed by atoms with Crippen LogP contribution in [0.25, 0.3) is 0 Å². The molecule has 1 aromatic carbocycles. The number of nitrogens with one attached hydrogen (secondary N) is 3. The molecule has 3 N–H and O–H groups in total. The first-order valence-corrected chi connectivity index (χ1v) is 11.4. The fourth-order valence-corrected chi connectivity index (χ4v) is 3.87. The molecular formula is C19H34IN5O2S. The van der Waals surface area contributed by atoms with Crippen LogP contribution in [0.3, 0.4) is 0 Å². The highest BCUT2D eigenvalue weighted by molar-refractivity contribution is 14.0. The zero-order valence-electron chi connectivity index (χ0n) is 16.9. The molecule has 1 aromatic rings. The molecule has 1 heterocycles. The first-order chi connectivity index (χ1) is 13.0. The number of aliphatic imine (C=N–C) groups is 1. The summed E-state index contributed by atoms with van der Waals surface area (Å²) in [7, 11) is -1.35. The molecule has 0 aromatic heterocycles. The van der Waals surface area contributed by atoms with Crippen molar-refractivity contribution < 1.29 is 8.42 Å². The summed E-state index contributed by atoms with van der Waals surface area (Å²) in [6.45, 7) is 5.71. The van der Waals surface area contributed by atoms with Crippen LogP contribution in [-0.4, -0.2) is 64.3 Å². The Labute approximate surface area is 186 Å². The average molecular weight is 523 g/mol. The van der Waals surface area contributed by atoms with Crippen molar-refractivity contribution in [1.29, 1.82) is 0 Å². The van der Waals surface area contributed by atoms with Gasteiger partial charge in [0.25, 0.3) is 0 Å². The number of hydrogen-bond acceptors (Lipinski definition) is 4. The summed E-state index contributed by atoms with van der Waals surface area (Å²) in [5, 5.41) is 6.65. The molecule has 1 atom stereocenters. The first-order valence-electron chi connectivity index (χ1n) is 9.74. The number of hydrogen-bond donors (Lipinski definition) is 3.